The minimum Gasteiger partial charge on any atom is -0.350 e. The summed E-state index contributed by atoms with van der Waals surface area (Å²) in [5.74, 6) is -0.474. The monoisotopic (exact) mass is 260 g/mol. The van der Waals surface area contributed by atoms with Gasteiger partial charge in [-0.2, -0.15) is 4.89 Å². The van der Waals surface area contributed by atoms with Crippen LogP contribution in [-0.4, -0.2) is 23.8 Å². The second-order valence-electron chi connectivity index (χ2n) is 1.41. The molecule has 10 heavy (non-hydrogen) atoms. The summed E-state index contributed by atoms with van der Waals surface area (Å²) in [5.41, 5.74) is 0. The molecule has 0 radical (unpaired) electrons. The number of hydrogen-bond donors (Lipinski definition) is 0. The van der Waals surface area contributed by atoms with Gasteiger partial charge in [-0.15, -0.1) is 0 Å². The molecule has 0 N–H and O–H groups in total. The Hall–Kier alpha value is 0.120. The topological polar surface area (TPSA) is 44.8 Å². The van der Waals surface area contributed by atoms with Gasteiger partial charge in [-0.3, -0.25) is 4.89 Å². The fourth-order valence-corrected chi connectivity index (χ4v) is 0.566. The lowest BCUT2D eigenvalue weighted by atomic mass is 10.8. The van der Waals surface area contributed by atoms with Gasteiger partial charge in [0.2, 0.25) is 0 Å². The van der Waals surface area contributed by atoms with Crippen LogP contribution in [0.5, 0.6) is 0 Å². The molecule has 0 aromatic carbocycles. The number of carbonyl (C=O) groups excluding carboxylic acids is 1. The second kappa shape index (κ2) is 7.23. The molecule has 4 nitrogen and oxygen atoms in total. The fraction of sp³-hybridized carbons (Fsp3) is 0.800. The summed E-state index contributed by atoms with van der Waals surface area (Å²) in [5, 5.41) is 0. The van der Waals surface area contributed by atoms with Crippen LogP contribution in [-0.2, 0) is 19.3 Å². The number of halogens is 1. The average Bonchev–Trinajstić information content (AvgIpc) is 1.87. The van der Waals surface area contributed by atoms with Gasteiger partial charge in [0.05, 0.1) is 6.61 Å². The Morgan fingerprint density at radius 1 is 1.60 bits per heavy atom. The van der Waals surface area contributed by atoms with Crippen molar-refractivity contribution in [2.75, 3.05) is 17.8 Å². The first-order valence-corrected chi connectivity index (χ1v) is 4.23. The van der Waals surface area contributed by atoms with Crippen LogP contribution in [0.3, 0.4) is 0 Å². The van der Waals surface area contributed by atoms with Gasteiger partial charge in [-0.1, -0.05) is 22.6 Å². The molecule has 0 aromatic heterocycles. The number of rotatable bonds is 5. The van der Waals surface area contributed by atoms with Crippen molar-refractivity contribution in [3.63, 3.8) is 0 Å². The van der Waals surface area contributed by atoms with Gasteiger partial charge in [-0.05, 0) is 0 Å². The molecule has 0 aliphatic carbocycles. The molecule has 0 atom stereocenters. The van der Waals surface area contributed by atoms with Crippen LogP contribution in [0.25, 0.3) is 0 Å². The molecule has 0 unspecified atom stereocenters. The van der Waals surface area contributed by atoms with E-state index in [-0.39, 0.29) is 6.79 Å². The van der Waals surface area contributed by atoms with Gasteiger partial charge in [0.1, 0.15) is 0 Å². The minimum atomic E-state index is -0.474. The molecule has 5 heteroatoms. The zero-order chi connectivity index (χ0) is 7.82. The van der Waals surface area contributed by atoms with Crippen molar-refractivity contribution >= 4 is 28.6 Å². The van der Waals surface area contributed by atoms with Crippen LogP contribution in [0.4, 0.5) is 0 Å². The first kappa shape index (κ1) is 10.1. The van der Waals surface area contributed by atoms with Crippen LogP contribution in [0.2, 0.25) is 0 Å². The highest BCUT2D eigenvalue weighted by molar-refractivity contribution is 14.1. The summed E-state index contributed by atoms with van der Waals surface area (Å²) in [6, 6.07) is 0. The largest absolute Gasteiger partial charge is 0.350 e. The second-order valence-corrected chi connectivity index (χ2v) is 2.49. The lowest BCUT2D eigenvalue weighted by Crippen LogP contribution is -2.05. The van der Waals surface area contributed by atoms with Crippen LogP contribution in [0.15, 0.2) is 0 Å². The van der Waals surface area contributed by atoms with Crippen molar-refractivity contribution in [2.45, 2.75) is 6.92 Å². The Kier molecular flexibility index (Phi) is 7.32. The Morgan fingerprint density at radius 2 is 2.30 bits per heavy atom. The molecule has 0 amide bonds. The van der Waals surface area contributed by atoms with Gasteiger partial charge in [0, 0.05) is 11.4 Å². The molecule has 0 aromatic rings. The average molecular weight is 260 g/mol. The van der Waals surface area contributed by atoms with Crippen molar-refractivity contribution < 1.29 is 19.3 Å². The lowest BCUT2D eigenvalue weighted by molar-refractivity contribution is -0.308. The van der Waals surface area contributed by atoms with Crippen LogP contribution >= 0.6 is 22.6 Å². The van der Waals surface area contributed by atoms with Crippen LogP contribution < -0.4 is 0 Å². The van der Waals surface area contributed by atoms with E-state index in [4.69, 9.17) is 4.74 Å². The first-order chi connectivity index (χ1) is 4.77. The molecule has 0 bridgehead atoms. The smallest absolute Gasteiger partial charge is 0.339 e. The van der Waals surface area contributed by atoms with Crippen molar-refractivity contribution in [1.82, 2.24) is 0 Å². The maximum atomic E-state index is 10.1. The van der Waals surface area contributed by atoms with Gasteiger partial charge in [-0.25, -0.2) is 4.79 Å². The molecule has 0 aliphatic rings. The predicted molar refractivity (Wildman–Crippen MR) is 42.6 cm³/mol. The van der Waals surface area contributed by atoms with Crippen LogP contribution in [0, 0.1) is 0 Å². The number of hydrogen-bond acceptors (Lipinski definition) is 4. The Bertz CT molecular complexity index is 95.6. The van der Waals surface area contributed by atoms with E-state index in [0.717, 1.165) is 4.43 Å². The lowest BCUT2D eigenvalue weighted by Gasteiger charge is -2.00. The number of carbonyl (C=O) groups is 1. The highest BCUT2D eigenvalue weighted by atomic mass is 127. The minimum absolute atomic E-state index is 0.00256. The summed E-state index contributed by atoms with van der Waals surface area (Å²) in [6.07, 6.45) is 0. The van der Waals surface area contributed by atoms with Crippen LogP contribution in [0.1, 0.15) is 6.92 Å². The van der Waals surface area contributed by atoms with Gasteiger partial charge < -0.3 is 4.74 Å². The summed E-state index contributed by atoms with van der Waals surface area (Å²) in [6.45, 7) is 1.86. The molecular formula is C5H9IO4. The third-order valence-corrected chi connectivity index (χ3v) is 0.970. The van der Waals surface area contributed by atoms with E-state index in [0.29, 0.717) is 6.61 Å². The Morgan fingerprint density at radius 3 is 2.80 bits per heavy atom. The molecule has 0 heterocycles. The van der Waals surface area contributed by atoms with Gasteiger partial charge >= 0.3 is 5.97 Å². The van der Waals surface area contributed by atoms with E-state index in [9.17, 15) is 4.79 Å². The molecular weight excluding hydrogens is 251 g/mol. The summed E-state index contributed by atoms with van der Waals surface area (Å²) in [4.78, 5) is 18.5. The Labute approximate surface area is 72.9 Å². The maximum Gasteiger partial charge on any atom is 0.339 e. The third-order valence-electron chi connectivity index (χ3n) is 0.529. The van der Waals surface area contributed by atoms with Gasteiger partial charge in [0.15, 0.2) is 6.79 Å². The quantitative estimate of drug-likeness (QED) is 0.184. The molecule has 0 rings (SSSR count). The summed E-state index contributed by atoms with van der Waals surface area (Å²) >= 11 is 2.16. The zero-order valence-electron chi connectivity index (χ0n) is 5.63. The standard InChI is InChI=1S/C5H9IO4/c1-5(7)10-9-4-8-3-2-6/h2-4H2,1H3. The third kappa shape index (κ3) is 8.12. The molecule has 0 saturated carbocycles. The molecule has 0 fully saturated rings. The predicted octanol–water partition coefficient (Wildman–Crippen LogP) is 0.890. The first-order valence-electron chi connectivity index (χ1n) is 2.71. The fourth-order valence-electron chi connectivity index (χ4n) is 0.255. The summed E-state index contributed by atoms with van der Waals surface area (Å²) < 4.78 is 5.72. The molecule has 0 aliphatic heterocycles. The van der Waals surface area contributed by atoms with Crippen molar-refractivity contribution in [3.05, 3.63) is 0 Å². The maximum absolute atomic E-state index is 10.1. The zero-order valence-corrected chi connectivity index (χ0v) is 7.79. The number of ether oxygens (including phenoxy) is 1. The number of alkyl halides is 1. The highest BCUT2D eigenvalue weighted by Crippen LogP contribution is 1.85. The van der Waals surface area contributed by atoms with Crippen molar-refractivity contribution in [2.24, 2.45) is 0 Å². The van der Waals surface area contributed by atoms with Gasteiger partial charge in [0.25, 0.3) is 0 Å². The molecule has 60 valence electrons. The Balaban J connectivity index is 2.84. The highest BCUT2D eigenvalue weighted by Gasteiger charge is 1.91. The van der Waals surface area contributed by atoms with E-state index in [1.165, 1.54) is 6.92 Å². The molecule has 0 saturated heterocycles. The van der Waals surface area contributed by atoms with E-state index in [1.807, 2.05) is 0 Å². The van der Waals surface area contributed by atoms with E-state index < -0.39 is 5.97 Å². The SMILES string of the molecule is CC(=O)OOCOCCI. The summed E-state index contributed by atoms with van der Waals surface area (Å²) in [7, 11) is 0. The van der Waals surface area contributed by atoms with Crippen molar-refractivity contribution in [3.8, 4) is 0 Å². The molecule has 0 spiro atoms. The van der Waals surface area contributed by atoms with E-state index >= 15 is 0 Å². The van der Waals surface area contributed by atoms with E-state index in [1.54, 1.807) is 0 Å². The normalized spacial score (nSPS) is 9.40. The van der Waals surface area contributed by atoms with Crippen molar-refractivity contribution in [1.29, 1.82) is 0 Å². The van der Waals surface area contributed by atoms with E-state index in [2.05, 4.69) is 32.4 Å².